The summed E-state index contributed by atoms with van der Waals surface area (Å²) in [5, 5.41) is 17.7. The van der Waals surface area contributed by atoms with Gasteiger partial charge in [-0.1, -0.05) is 0 Å². The third-order valence-corrected chi connectivity index (χ3v) is 5.35. The summed E-state index contributed by atoms with van der Waals surface area (Å²) in [6.07, 6.45) is -7.71. The average molecular weight is 566 g/mol. The molecule has 4 N–H and O–H groups in total. The second kappa shape index (κ2) is 13.2. The summed E-state index contributed by atoms with van der Waals surface area (Å²) < 4.78 is 85.2. The van der Waals surface area contributed by atoms with Crippen molar-refractivity contribution < 1.29 is 35.8 Å². The molecule has 11 nitrogen and oxygen atoms in total. The van der Waals surface area contributed by atoms with Gasteiger partial charge in [0.05, 0.1) is 18.4 Å². The number of piperazine rings is 1. The van der Waals surface area contributed by atoms with Crippen molar-refractivity contribution in [2.45, 2.75) is 38.3 Å². The monoisotopic (exact) mass is 565 g/mol. The quantitative estimate of drug-likeness (QED) is 0.173. The number of halogens is 6. The minimum absolute atomic E-state index is 0.0589. The molecule has 0 aromatic carbocycles. The summed E-state index contributed by atoms with van der Waals surface area (Å²) in [7, 11) is 0. The molecule has 17 heteroatoms. The van der Waals surface area contributed by atoms with Gasteiger partial charge in [0.15, 0.2) is 5.82 Å². The molecule has 3 heterocycles. The lowest BCUT2D eigenvalue weighted by atomic mass is 10.1. The Hall–Kier alpha value is -3.31. The predicted molar refractivity (Wildman–Crippen MR) is 131 cm³/mol. The van der Waals surface area contributed by atoms with Crippen molar-refractivity contribution in [1.82, 2.24) is 25.3 Å². The fraction of sp³-hybridized carbons (Fsp3) is 0.591. The summed E-state index contributed by atoms with van der Waals surface area (Å²) in [5.74, 6) is 0.601. The van der Waals surface area contributed by atoms with Gasteiger partial charge >= 0.3 is 12.4 Å². The van der Waals surface area contributed by atoms with Crippen LogP contribution in [-0.2, 0) is 9.47 Å². The van der Waals surface area contributed by atoms with Gasteiger partial charge < -0.3 is 35.7 Å². The van der Waals surface area contributed by atoms with Gasteiger partial charge in [-0.25, -0.2) is 15.0 Å². The van der Waals surface area contributed by atoms with Gasteiger partial charge in [-0.3, -0.25) is 0 Å². The van der Waals surface area contributed by atoms with E-state index >= 15 is 0 Å². The van der Waals surface area contributed by atoms with Crippen LogP contribution in [0, 0.1) is 5.41 Å². The fourth-order valence-electron chi connectivity index (χ4n) is 3.57. The fourth-order valence-corrected chi connectivity index (χ4v) is 3.57. The molecule has 216 valence electrons. The molecule has 1 unspecified atom stereocenters. The molecule has 1 saturated heterocycles. The molecule has 0 aliphatic carbocycles. The van der Waals surface area contributed by atoms with Gasteiger partial charge in [-0.05, 0) is 19.9 Å². The highest BCUT2D eigenvalue weighted by molar-refractivity contribution is 6.06. The van der Waals surface area contributed by atoms with Crippen LogP contribution < -0.4 is 20.9 Å². The number of rotatable bonds is 12. The van der Waals surface area contributed by atoms with Gasteiger partial charge in [0.1, 0.15) is 36.7 Å². The van der Waals surface area contributed by atoms with Crippen LogP contribution in [0.25, 0.3) is 0 Å². The molecule has 2 atom stereocenters. The number of ether oxygens (including phenoxy) is 2. The third kappa shape index (κ3) is 9.74. The first-order chi connectivity index (χ1) is 18.3. The van der Waals surface area contributed by atoms with Gasteiger partial charge in [-0.2, -0.15) is 31.3 Å². The Labute approximate surface area is 220 Å². The summed E-state index contributed by atoms with van der Waals surface area (Å²) in [6, 6.07) is 1.62. The molecule has 1 aliphatic rings. The molecule has 0 amide bonds. The van der Waals surface area contributed by atoms with E-state index in [1.54, 1.807) is 0 Å². The van der Waals surface area contributed by atoms with Crippen LogP contribution >= 0.6 is 0 Å². The smallest absolute Gasteiger partial charge is 0.378 e. The van der Waals surface area contributed by atoms with Crippen LogP contribution in [0.15, 0.2) is 18.6 Å². The van der Waals surface area contributed by atoms with E-state index in [2.05, 4.69) is 40.6 Å². The molecule has 2 aromatic rings. The van der Waals surface area contributed by atoms with Crippen LogP contribution in [0.5, 0.6) is 0 Å². The highest BCUT2D eigenvalue weighted by Gasteiger charge is 2.31. The Morgan fingerprint density at radius 1 is 1.21 bits per heavy atom. The molecule has 0 spiro atoms. The lowest BCUT2D eigenvalue weighted by Gasteiger charge is -2.33. The first-order valence-electron chi connectivity index (χ1n) is 11.9. The topological polar surface area (TPSA) is 133 Å². The standard InChI is InChI=1S/C22H29F6N9O2/c1-13-9-37(7-5-31-13)20-35-17(16(29)14(2)39-11-22(26,27)28)18(32-6-8-38-10-21(23,24)25)19(36-20)34-15-3-4-30-12-33-15/h3-4,12-14,29,31-32H,5-11H2,1-2H3,(H,30,33,34,35,36)/t13-,14?/m1/s1. The normalized spacial score (nSPS) is 17.1. The van der Waals surface area contributed by atoms with Gasteiger partial charge in [0, 0.05) is 38.4 Å². The lowest BCUT2D eigenvalue weighted by molar-refractivity contribution is -0.177. The van der Waals surface area contributed by atoms with E-state index in [4.69, 9.17) is 10.1 Å². The minimum Gasteiger partial charge on any atom is -0.378 e. The van der Waals surface area contributed by atoms with Gasteiger partial charge in [-0.15, -0.1) is 0 Å². The first-order valence-corrected chi connectivity index (χ1v) is 11.9. The van der Waals surface area contributed by atoms with E-state index in [9.17, 15) is 26.3 Å². The zero-order chi connectivity index (χ0) is 28.6. The number of hydrogen-bond acceptors (Lipinski definition) is 11. The van der Waals surface area contributed by atoms with Crippen LogP contribution in [-0.4, -0.2) is 96.1 Å². The molecular weight excluding hydrogens is 536 g/mol. The van der Waals surface area contributed by atoms with Crippen molar-refractivity contribution in [3.63, 3.8) is 0 Å². The molecule has 0 saturated carbocycles. The Kier molecular flexibility index (Phi) is 10.2. The molecule has 39 heavy (non-hydrogen) atoms. The van der Waals surface area contributed by atoms with E-state index in [1.807, 2.05) is 11.8 Å². The number of nitrogens with zero attached hydrogens (tertiary/aromatic N) is 5. The second-order valence-corrected chi connectivity index (χ2v) is 8.69. The summed E-state index contributed by atoms with van der Waals surface area (Å²) in [6.45, 7) is 1.33. The maximum absolute atomic E-state index is 12.8. The molecule has 1 fully saturated rings. The maximum Gasteiger partial charge on any atom is 0.411 e. The number of alkyl halides is 6. The van der Waals surface area contributed by atoms with Crippen LogP contribution in [0.2, 0.25) is 0 Å². The highest BCUT2D eigenvalue weighted by Crippen LogP contribution is 2.30. The van der Waals surface area contributed by atoms with Crippen molar-refractivity contribution in [2.24, 2.45) is 0 Å². The first kappa shape index (κ1) is 30.2. The lowest BCUT2D eigenvalue weighted by Crippen LogP contribution is -2.50. The molecule has 3 rings (SSSR count). The van der Waals surface area contributed by atoms with Gasteiger partial charge in [0.2, 0.25) is 5.95 Å². The molecule has 2 aromatic heterocycles. The Morgan fingerprint density at radius 3 is 2.59 bits per heavy atom. The van der Waals surface area contributed by atoms with E-state index in [-0.39, 0.29) is 42.3 Å². The number of anilines is 4. The Balaban J connectivity index is 1.99. The third-order valence-electron chi connectivity index (χ3n) is 5.35. The zero-order valence-corrected chi connectivity index (χ0v) is 21.2. The SMILES string of the molecule is CC(OCC(F)(F)F)C(=N)c1nc(N2CCN[C@H](C)C2)nc(Nc2ccncn2)c1NCCOCC(F)(F)F. The summed E-state index contributed by atoms with van der Waals surface area (Å²) in [4.78, 5) is 18.8. The van der Waals surface area contributed by atoms with Gasteiger partial charge in [0.25, 0.3) is 0 Å². The van der Waals surface area contributed by atoms with E-state index in [0.717, 1.165) is 0 Å². The van der Waals surface area contributed by atoms with Crippen LogP contribution in [0.3, 0.4) is 0 Å². The van der Waals surface area contributed by atoms with Crippen molar-refractivity contribution in [1.29, 1.82) is 5.41 Å². The van der Waals surface area contributed by atoms with Crippen molar-refractivity contribution in [3.05, 3.63) is 24.3 Å². The summed E-state index contributed by atoms with van der Waals surface area (Å²) >= 11 is 0. The van der Waals surface area contributed by atoms with Crippen molar-refractivity contribution in [3.8, 4) is 0 Å². The van der Waals surface area contributed by atoms with Crippen LogP contribution in [0.1, 0.15) is 19.5 Å². The molecular formula is C22H29F6N9O2. The maximum atomic E-state index is 12.8. The van der Waals surface area contributed by atoms with Crippen molar-refractivity contribution in [2.75, 3.05) is 61.5 Å². The number of nitrogens with one attached hydrogen (secondary N) is 4. The number of aromatic nitrogens is 4. The van der Waals surface area contributed by atoms with E-state index < -0.39 is 37.4 Å². The average Bonchev–Trinajstić information content (AvgIpc) is 2.86. The predicted octanol–water partition coefficient (Wildman–Crippen LogP) is 3.13. The number of hydrogen-bond donors (Lipinski definition) is 4. The Bertz CT molecular complexity index is 1090. The van der Waals surface area contributed by atoms with E-state index in [0.29, 0.717) is 25.5 Å². The highest BCUT2D eigenvalue weighted by atomic mass is 19.4. The summed E-state index contributed by atoms with van der Waals surface area (Å²) in [5.41, 5.74) is -0.424. The Morgan fingerprint density at radius 2 is 1.95 bits per heavy atom. The minimum atomic E-state index is -4.61. The molecule has 0 radical (unpaired) electrons. The second-order valence-electron chi connectivity index (χ2n) is 8.69. The molecule has 0 bridgehead atoms. The van der Waals surface area contributed by atoms with E-state index in [1.165, 1.54) is 25.5 Å². The van der Waals surface area contributed by atoms with Crippen molar-refractivity contribution >= 4 is 29.0 Å². The largest absolute Gasteiger partial charge is 0.411 e. The van der Waals surface area contributed by atoms with Crippen LogP contribution in [0.4, 0.5) is 49.6 Å². The molecule has 1 aliphatic heterocycles. The zero-order valence-electron chi connectivity index (χ0n) is 21.2.